The zero-order chi connectivity index (χ0) is 24.4. The molecule has 0 bridgehead atoms. The Labute approximate surface area is 203 Å². The maximum Gasteiger partial charge on any atom is 0.338 e. The molecule has 174 valence electrons. The molecule has 0 spiro atoms. The summed E-state index contributed by atoms with van der Waals surface area (Å²) in [6.45, 7) is 5.27. The van der Waals surface area contributed by atoms with Gasteiger partial charge in [-0.2, -0.15) is 0 Å². The molecular formula is C25H20ClFN2O4S. The molecule has 0 N–H and O–H groups in total. The Morgan fingerprint density at radius 2 is 2.03 bits per heavy atom. The molecule has 0 saturated heterocycles. The molecule has 0 saturated carbocycles. The third kappa shape index (κ3) is 4.34. The smallest absolute Gasteiger partial charge is 0.338 e. The van der Waals surface area contributed by atoms with Crippen LogP contribution in [-0.2, 0) is 9.53 Å². The molecule has 2 heterocycles. The van der Waals surface area contributed by atoms with Gasteiger partial charge in [0.05, 0.1) is 34.0 Å². The first kappa shape index (κ1) is 23.7. The number of ether oxygens (including phenoxy) is 2. The first-order valence-electron chi connectivity index (χ1n) is 10.2. The lowest BCUT2D eigenvalue weighted by atomic mass is 9.96. The first-order valence-corrected chi connectivity index (χ1v) is 11.4. The lowest BCUT2D eigenvalue weighted by Gasteiger charge is -2.24. The van der Waals surface area contributed by atoms with Crippen LogP contribution in [0.3, 0.4) is 0 Å². The topological polar surface area (TPSA) is 69.9 Å². The zero-order valence-corrected chi connectivity index (χ0v) is 20.0. The highest BCUT2D eigenvalue weighted by atomic mass is 35.5. The number of carbonyl (C=O) groups is 1. The molecule has 34 heavy (non-hydrogen) atoms. The Morgan fingerprint density at radius 3 is 2.68 bits per heavy atom. The lowest BCUT2D eigenvalue weighted by Crippen LogP contribution is -2.40. The largest absolute Gasteiger partial charge is 0.497 e. The number of esters is 1. The maximum atomic E-state index is 14.4. The predicted molar refractivity (Wildman–Crippen MR) is 129 cm³/mol. The Hall–Kier alpha value is -3.49. The minimum Gasteiger partial charge on any atom is -0.497 e. The molecule has 1 atom stereocenters. The average molecular weight is 499 g/mol. The van der Waals surface area contributed by atoms with Crippen molar-refractivity contribution in [1.82, 2.24) is 4.57 Å². The number of fused-ring (bicyclic) bond motifs is 1. The van der Waals surface area contributed by atoms with Crippen molar-refractivity contribution in [3.63, 3.8) is 0 Å². The number of rotatable bonds is 6. The molecule has 4 rings (SSSR count). The van der Waals surface area contributed by atoms with E-state index in [1.807, 2.05) is 0 Å². The van der Waals surface area contributed by atoms with Crippen LogP contribution in [0.5, 0.6) is 5.75 Å². The van der Waals surface area contributed by atoms with Gasteiger partial charge in [-0.3, -0.25) is 9.36 Å². The maximum absolute atomic E-state index is 14.4. The standard InChI is InChI=1S/C25H20ClFN2O4S/c1-4-12-33-24(31)21-14(2)28-25-29(22(21)15-8-10-16(32-3)11-9-15)23(30)20(34-25)13-17-18(26)6-5-7-19(17)27/h4-11,13,22H,1,12H2,2-3H3. The van der Waals surface area contributed by atoms with Gasteiger partial charge < -0.3 is 9.47 Å². The second kappa shape index (κ2) is 9.79. The van der Waals surface area contributed by atoms with Crippen molar-refractivity contribution in [2.75, 3.05) is 13.7 Å². The van der Waals surface area contributed by atoms with Crippen molar-refractivity contribution < 1.29 is 18.7 Å². The minimum absolute atomic E-state index is 0.0150. The fourth-order valence-electron chi connectivity index (χ4n) is 3.68. The molecule has 0 aliphatic carbocycles. The summed E-state index contributed by atoms with van der Waals surface area (Å²) in [4.78, 5) is 31.4. The van der Waals surface area contributed by atoms with Crippen molar-refractivity contribution in [1.29, 1.82) is 0 Å². The molecule has 6 nitrogen and oxygen atoms in total. The highest BCUT2D eigenvalue weighted by Crippen LogP contribution is 2.31. The Bertz CT molecular complexity index is 1470. The molecule has 1 unspecified atom stereocenters. The molecule has 2 aromatic carbocycles. The van der Waals surface area contributed by atoms with Gasteiger partial charge in [0.1, 0.15) is 18.2 Å². The number of halogens is 2. The molecule has 1 aliphatic heterocycles. The number of methoxy groups -OCH3 is 1. The number of benzene rings is 2. The second-order valence-electron chi connectivity index (χ2n) is 7.38. The molecule has 1 aromatic heterocycles. The van der Waals surface area contributed by atoms with Gasteiger partial charge in [0.15, 0.2) is 4.80 Å². The summed E-state index contributed by atoms with van der Waals surface area (Å²) < 4.78 is 26.6. The Kier molecular flexibility index (Phi) is 6.81. The summed E-state index contributed by atoms with van der Waals surface area (Å²) in [5.74, 6) is -0.523. The molecule has 0 radical (unpaired) electrons. The van der Waals surface area contributed by atoms with Gasteiger partial charge in [0.2, 0.25) is 0 Å². The van der Waals surface area contributed by atoms with E-state index in [0.717, 1.165) is 11.3 Å². The predicted octanol–water partition coefficient (Wildman–Crippen LogP) is 3.77. The van der Waals surface area contributed by atoms with Gasteiger partial charge >= 0.3 is 5.97 Å². The summed E-state index contributed by atoms with van der Waals surface area (Å²) in [5.41, 5.74) is 1.00. The van der Waals surface area contributed by atoms with E-state index >= 15 is 0 Å². The van der Waals surface area contributed by atoms with E-state index in [1.54, 1.807) is 44.4 Å². The third-order valence-corrected chi connectivity index (χ3v) is 6.59. The van der Waals surface area contributed by atoms with Crippen molar-refractivity contribution in [3.8, 4) is 5.75 Å². The fraction of sp³-hybridized carbons (Fsp3) is 0.160. The monoisotopic (exact) mass is 498 g/mol. The van der Waals surface area contributed by atoms with Crippen molar-refractivity contribution >= 4 is 35.0 Å². The molecule has 0 amide bonds. The quantitative estimate of drug-likeness (QED) is 0.383. The van der Waals surface area contributed by atoms with Crippen molar-refractivity contribution in [3.05, 3.63) is 108 Å². The van der Waals surface area contributed by atoms with E-state index < -0.39 is 23.4 Å². The van der Waals surface area contributed by atoms with Crippen LogP contribution in [0.2, 0.25) is 5.02 Å². The Morgan fingerprint density at radius 1 is 1.29 bits per heavy atom. The number of aromatic nitrogens is 1. The van der Waals surface area contributed by atoms with Gasteiger partial charge in [-0.25, -0.2) is 14.2 Å². The number of thiazole rings is 1. The van der Waals surface area contributed by atoms with Crippen LogP contribution in [0, 0.1) is 5.82 Å². The highest BCUT2D eigenvalue weighted by Gasteiger charge is 2.33. The van der Waals surface area contributed by atoms with Crippen LogP contribution >= 0.6 is 22.9 Å². The summed E-state index contributed by atoms with van der Waals surface area (Å²) in [7, 11) is 1.55. The van der Waals surface area contributed by atoms with E-state index in [-0.39, 0.29) is 27.3 Å². The van der Waals surface area contributed by atoms with Crippen LogP contribution in [-0.4, -0.2) is 24.3 Å². The summed E-state index contributed by atoms with van der Waals surface area (Å²) in [6.07, 6.45) is 2.87. The van der Waals surface area contributed by atoms with E-state index in [9.17, 15) is 14.0 Å². The van der Waals surface area contributed by atoms with Gasteiger partial charge in [-0.1, -0.05) is 53.8 Å². The van der Waals surface area contributed by atoms with E-state index in [1.165, 1.54) is 28.9 Å². The normalized spacial score (nSPS) is 15.5. The third-order valence-electron chi connectivity index (χ3n) is 5.28. The number of hydrogen-bond donors (Lipinski definition) is 0. The fourth-order valence-corrected chi connectivity index (χ4v) is 4.92. The van der Waals surface area contributed by atoms with Crippen LogP contribution in [0.25, 0.3) is 6.08 Å². The summed E-state index contributed by atoms with van der Waals surface area (Å²) >= 11 is 7.25. The number of carbonyl (C=O) groups excluding carboxylic acids is 1. The molecule has 3 aromatic rings. The van der Waals surface area contributed by atoms with Gasteiger partial charge in [0, 0.05) is 5.56 Å². The first-order chi connectivity index (χ1) is 16.3. The molecule has 0 fully saturated rings. The lowest BCUT2D eigenvalue weighted by molar-refractivity contribution is -0.138. The summed E-state index contributed by atoms with van der Waals surface area (Å²) in [5, 5.41) is 0.183. The van der Waals surface area contributed by atoms with E-state index in [4.69, 9.17) is 21.1 Å². The van der Waals surface area contributed by atoms with Crippen LogP contribution in [0.4, 0.5) is 4.39 Å². The van der Waals surface area contributed by atoms with E-state index in [0.29, 0.717) is 21.8 Å². The van der Waals surface area contributed by atoms with Crippen LogP contribution < -0.4 is 19.6 Å². The van der Waals surface area contributed by atoms with Crippen molar-refractivity contribution in [2.24, 2.45) is 4.99 Å². The van der Waals surface area contributed by atoms with Gasteiger partial charge in [0.25, 0.3) is 5.56 Å². The molecular weight excluding hydrogens is 479 g/mol. The highest BCUT2D eigenvalue weighted by molar-refractivity contribution is 7.07. The van der Waals surface area contributed by atoms with Crippen LogP contribution in [0.15, 0.2) is 76.2 Å². The van der Waals surface area contributed by atoms with Gasteiger partial charge in [-0.05, 0) is 42.8 Å². The van der Waals surface area contributed by atoms with Crippen LogP contribution in [0.1, 0.15) is 24.1 Å². The van der Waals surface area contributed by atoms with E-state index in [2.05, 4.69) is 11.6 Å². The SMILES string of the molecule is C=CCOC(=O)C1=C(C)N=c2sc(=Cc3c(F)cccc3Cl)c(=O)n2C1c1ccc(OC)cc1. The Balaban J connectivity index is 1.95. The molecule has 9 heteroatoms. The zero-order valence-electron chi connectivity index (χ0n) is 18.4. The number of hydrogen-bond acceptors (Lipinski definition) is 6. The van der Waals surface area contributed by atoms with Crippen molar-refractivity contribution in [2.45, 2.75) is 13.0 Å². The number of allylic oxidation sites excluding steroid dienone is 1. The average Bonchev–Trinajstić information content (AvgIpc) is 3.13. The second-order valence-corrected chi connectivity index (χ2v) is 8.79. The van der Waals surface area contributed by atoms with Gasteiger partial charge in [-0.15, -0.1) is 0 Å². The summed E-state index contributed by atoms with van der Waals surface area (Å²) in [6, 6.07) is 10.5. The molecule has 1 aliphatic rings. The number of nitrogens with zero attached hydrogens (tertiary/aromatic N) is 2. The minimum atomic E-state index is -0.794.